The molecule has 114 valence electrons. The fourth-order valence-corrected chi connectivity index (χ4v) is 3.09. The van der Waals surface area contributed by atoms with E-state index in [1.807, 2.05) is 12.1 Å². The highest BCUT2D eigenvalue weighted by atomic mass is 79.9. The van der Waals surface area contributed by atoms with E-state index in [1.54, 1.807) is 0 Å². The number of benzene rings is 1. The van der Waals surface area contributed by atoms with Crippen molar-refractivity contribution in [3.8, 4) is 0 Å². The lowest BCUT2D eigenvalue weighted by molar-refractivity contribution is 0.109. The molecule has 0 radical (unpaired) electrons. The van der Waals surface area contributed by atoms with Crippen LogP contribution in [0, 0.1) is 5.92 Å². The van der Waals surface area contributed by atoms with Crippen molar-refractivity contribution < 1.29 is 4.74 Å². The first-order valence-corrected chi connectivity index (χ1v) is 8.86. The van der Waals surface area contributed by atoms with E-state index in [2.05, 4.69) is 41.9 Å². The van der Waals surface area contributed by atoms with E-state index < -0.39 is 0 Å². The van der Waals surface area contributed by atoms with Gasteiger partial charge in [0.2, 0.25) is 0 Å². The number of ether oxygens (including phenoxy) is 1. The third kappa shape index (κ3) is 5.55. The molecule has 0 fully saturated rings. The summed E-state index contributed by atoms with van der Waals surface area (Å²) in [4.78, 5) is 0. The molecule has 1 nitrogen and oxygen atoms in total. The van der Waals surface area contributed by atoms with Crippen LogP contribution in [-0.2, 0) is 10.2 Å². The van der Waals surface area contributed by atoms with Gasteiger partial charge in [-0.2, -0.15) is 0 Å². The number of rotatable bonds is 9. The van der Waals surface area contributed by atoms with E-state index >= 15 is 0 Å². The van der Waals surface area contributed by atoms with E-state index in [4.69, 9.17) is 27.9 Å². The van der Waals surface area contributed by atoms with Gasteiger partial charge in [0.25, 0.3) is 0 Å². The van der Waals surface area contributed by atoms with Crippen molar-refractivity contribution >= 4 is 39.1 Å². The normalized spacial score (nSPS) is 12.1. The second-order valence-corrected chi connectivity index (χ2v) is 7.05. The molecular weight excluding hydrogens is 359 g/mol. The topological polar surface area (TPSA) is 9.23 Å². The monoisotopic (exact) mass is 380 g/mol. The minimum Gasteiger partial charge on any atom is -0.381 e. The summed E-state index contributed by atoms with van der Waals surface area (Å²) in [5.41, 5.74) is 0.972. The predicted octanol–water partition coefficient (Wildman–Crippen LogP) is 5.62. The van der Waals surface area contributed by atoms with Crippen LogP contribution < -0.4 is 0 Å². The average Bonchev–Trinajstić information content (AvgIpc) is 2.44. The highest BCUT2D eigenvalue weighted by Gasteiger charge is 2.30. The molecule has 0 saturated carbocycles. The molecule has 1 rings (SSSR count). The summed E-state index contributed by atoms with van der Waals surface area (Å²) in [7, 11) is 0. The van der Waals surface area contributed by atoms with Gasteiger partial charge in [0, 0.05) is 34.9 Å². The Morgan fingerprint density at radius 2 is 1.70 bits per heavy atom. The molecule has 0 N–H and O–H groups in total. The van der Waals surface area contributed by atoms with Gasteiger partial charge < -0.3 is 4.74 Å². The third-order valence-electron chi connectivity index (χ3n) is 3.53. The van der Waals surface area contributed by atoms with Gasteiger partial charge in [0.15, 0.2) is 0 Å². The zero-order valence-electron chi connectivity index (χ0n) is 12.2. The molecule has 0 spiro atoms. The van der Waals surface area contributed by atoms with Crippen molar-refractivity contribution in [3.63, 3.8) is 0 Å². The summed E-state index contributed by atoms with van der Waals surface area (Å²) in [5.74, 6) is 1.68. The van der Waals surface area contributed by atoms with Crippen LogP contribution in [-0.4, -0.2) is 25.0 Å². The molecule has 0 amide bonds. The Balaban J connectivity index is 2.60. The first-order chi connectivity index (χ1) is 9.54. The Hall–Kier alpha value is 0.240. The molecule has 0 atom stereocenters. The Bertz CT molecular complexity index is 375. The number of hydrogen-bond donors (Lipinski definition) is 0. The SMILES string of the molecule is CC(C)CCOCCC(CCl)(CCl)c1ccc(Br)cc1. The van der Waals surface area contributed by atoms with E-state index in [0.29, 0.717) is 24.3 Å². The van der Waals surface area contributed by atoms with Gasteiger partial charge in [-0.05, 0) is 36.5 Å². The lowest BCUT2D eigenvalue weighted by Crippen LogP contribution is -2.32. The van der Waals surface area contributed by atoms with Crippen molar-refractivity contribution in [3.05, 3.63) is 34.3 Å². The molecule has 0 aromatic heterocycles. The predicted molar refractivity (Wildman–Crippen MR) is 92.2 cm³/mol. The fourth-order valence-electron chi connectivity index (χ4n) is 1.96. The third-order valence-corrected chi connectivity index (χ3v) is 5.08. The first kappa shape index (κ1) is 18.3. The maximum Gasteiger partial charge on any atom is 0.0475 e. The van der Waals surface area contributed by atoms with E-state index in [-0.39, 0.29) is 5.41 Å². The summed E-state index contributed by atoms with van der Waals surface area (Å²) in [6.45, 7) is 5.90. The Morgan fingerprint density at radius 1 is 1.10 bits per heavy atom. The lowest BCUT2D eigenvalue weighted by Gasteiger charge is -2.30. The number of alkyl halides is 2. The van der Waals surface area contributed by atoms with Crippen molar-refractivity contribution in [2.45, 2.75) is 32.1 Å². The highest BCUT2D eigenvalue weighted by Crippen LogP contribution is 2.32. The maximum absolute atomic E-state index is 6.21. The largest absolute Gasteiger partial charge is 0.381 e. The van der Waals surface area contributed by atoms with Gasteiger partial charge in [-0.1, -0.05) is 41.9 Å². The molecule has 0 unspecified atom stereocenters. The summed E-state index contributed by atoms with van der Waals surface area (Å²) < 4.78 is 6.78. The summed E-state index contributed by atoms with van der Waals surface area (Å²) >= 11 is 15.9. The van der Waals surface area contributed by atoms with Crippen LogP contribution in [0.25, 0.3) is 0 Å². The van der Waals surface area contributed by atoms with Gasteiger partial charge in [-0.25, -0.2) is 0 Å². The van der Waals surface area contributed by atoms with Gasteiger partial charge in [0.1, 0.15) is 0 Å². The van der Waals surface area contributed by atoms with Crippen LogP contribution in [0.4, 0.5) is 0 Å². The first-order valence-electron chi connectivity index (χ1n) is 7.00. The quantitative estimate of drug-likeness (QED) is 0.398. The summed E-state index contributed by atoms with van der Waals surface area (Å²) in [6.07, 6.45) is 1.94. The van der Waals surface area contributed by atoms with Gasteiger partial charge in [0.05, 0.1) is 0 Å². The van der Waals surface area contributed by atoms with Gasteiger partial charge in [-0.15, -0.1) is 23.2 Å². The molecular formula is C16H23BrCl2O. The molecule has 20 heavy (non-hydrogen) atoms. The molecule has 0 heterocycles. The summed E-state index contributed by atoms with van der Waals surface area (Å²) in [6, 6.07) is 8.23. The van der Waals surface area contributed by atoms with Crippen LogP contribution in [0.2, 0.25) is 0 Å². The molecule has 0 saturated heterocycles. The molecule has 0 aliphatic heterocycles. The number of halogens is 3. The second-order valence-electron chi connectivity index (χ2n) is 5.60. The minimum absolute atomic E-state index is 0.207. The fraction of sp³-hybridized carbons (Fsp3) is 0.625. The maximum atomic E-state index is 6.21. The van der Waals surface area contributed by atoms with Gasteiger partial charge >= 0.3 is 0 Å². The zero-order valence-corrected chi connectivity index (χ0v) is 15.3. The Labute approximate surface area is 141 Å². The molecule has 0 aliphatic carbocycles. The van der Waals surface area contributed by atoms with Gasteiger partial charge in [-0.3, -0.25) is 0 Å². The minimum atomic E-state index is -0.207. The Kier molecular flexibility index (Phi) is 8.50. The molecule has 1 aromatic rings. The highest BCUT2D eigenvalue weighted by molar-refractivity contribution is 9.10. The number of hydrogen-bond acceptors (Lipinski definition) is 1. The van der Waals surface area contributed by atoms with Crippen molar-refractivity contribution in [2.24, 2.45) is 5.92 Å². The van der Waals surface area contributed by atoms with E-state index in [0.717, 1.165) is 23.9 Å². The molecule has 1 aromatic carbocycles. The van der Waals surface area contributed by atoms with Crippen LogP contribution in [0.5, 0.6) is 0 Å². The molecule has 0 bridgehead atoms. The van der Waals surface area contributed by atoms with Crippen LogP contribution >= 0.6 is 39.1 Å². The zero-order chi connectivity index (χ0) is 15.0. The van der Waals surface area contributed by atoms with Crippen LogP contribution in [0.3, 0.4) is 0 Å². The summed E-state index contributed by atoms with van der Waals surface area (Å²) in [5, 5.41) is 0. The molecule has 4 heteroatoms. The van der Waals surface area contributed by atoms with Crippen molar-refractivity contribution in [1.29, 1.82) is 0 Å². The lowest BCUT2D eigenvalue weighted by atomic mass is 9.81. The average molecular weight is 382 g/mol. The van der Waals surface area contributed by atoms with E-state index in [9.17, 15) is 0 Å². The Morgan fingerprint density at radius 3 is 2.20 bits per heavy atom. The smallest absolute Gasteiger partial charge is 0.0475 e. The second kappa shape index (κ2) is 9.30. The van der Waals surface area contributed by atoms with Crippen molar-refractivity contribution in [2.75, 3.05) is 25.0 Å². The van der Waals surface area contributed by atoms with Crippen LogP contribution in [0.1, 0.15) is 32.3 Å². The van der Waals surface area contributed by atoms with Crippen LogP contribution in [0.15, 0.2) is 28.7 Å². The molecule has 0 aliphatic rings. The standard InChI is InChI=1S/C16H23BrCl2O/c1-13(2)7-9-20-10-8-16(11-18,12-19)14-3-5-15(17)6-4-14/h3-6,13H,7-12H2,1-2H3. The van der Waals surface area contributed by atoms with E-state index in [1.165, 1.54) is 5.56 Å². The van der Waals surface area contributed by atoms with Crippen molar-refractivity contribution in [1.82, 2.24) is 0 Å².